The summed E-state index contributed by atoms with van der Waals surface area (Å²) in [6.45, 7) is 5.53. The summed E-state index contributed by atoms with van der Waals surface area (Å²) in [5, 5.41) is 16.2. The molecule has 1 aromatic rings. The lowest BCUT2D eigenvalue weighted by atomic mass is 10.1. The highest BCUT2D eigenvalue weighted by atomic mass is 35.6. The van der Waals surface area contributed by atoms with Crippen LogP contribution in [0.3, 0.4) is 0 Å². The molecule has 0 fully saturated rings. The van der Waals surface area contributed by atoms with E-state index in [1.165, 1.54) is 18.2 Å². The molecule has 1 amide bonds. The van der Waals surface area contributed by atoms with Crippen molar-refractivity contribution >= 4 is 46.4 Å². The minimum atomic E-state index is -1.79. The van der Waals surface area contributed by atoms with Gasteiger partial charge < -0.3 is 5.32 Å². The third-order valence-corrected chi connectivity index (χ3v) is 3.15. The summed E-state index contributed by atoms with van der Waals surface area (Å²) >= 11 is 17.6. The molecule has 0 aromatic heterocycles. The van der Waals surface area contributed by atoms with E-state index < -0.39 is 26.3 Å². The molecule has 0 aliphatic heterocycles. The molecule has 0 aliphatic rings. The monoisotopic (exact) mass is 367 g/mol. The number of benzene rings is 1. The summed E-state index contributed by atoms with van der Waals surface area (Å²) in [7, 11) is 0. The second kappa shape index (κ2) is 7.00. The Morgan fingerprint density at radius 1 is 1.27 bits per heavy atom. The number of nitro benzene ring substituents is 1. The largest absolute Gasteiger partial charge is 0.333 e. The highest BCUT2D eigenvalue weighted by Gasteiger charge is 2.36. The molecule has 0 saturated carbocycles. The third kappa shape index (κ3) is 5.96. The number of nitrogens with zero attached hydrogens (tertiary/aromatic N) is 1. The van der Waals surface area contributed by atoms with Crippen molar-refractivity contribution in [3.63, 3.8) is 0 Å². The molecule has 6 nitrogen and oxygen atoms in total. The van der Waals surface area contributed by atoms with Gasteiger partial charge in [0.25, 0.3) is 11.6 Å². The minimum absolute atomic E-state index is 0.101. The van der Waals surface area contributed by atoms with Gasteiger partial charge in [-0.05, 0) is 26.8 Å². The van der Waals surface area contributed by atoms with Gasteiger partial charge in [0.2, 0.25) is 3.79 Å². The van der Waals surface area contributed by atoms with Crippen LogP contribution >= 0.6 is 34.8 Å². The number of non-ortho nitro benzene ring substituents is 1. The van der Waals surface area contributed by atoms with E-state index in [4.69, 9.17) is 34.8 Å². The molecule has 0 unspecified atom stereocenters. The number of amides is 1. The highest BCUT2D eigenvalue weighted by Crippen LogP contribution is 2.30. The summed E-state index contributed by atoms with van der Waals surface area (Å²) in [5.74, 6) is -0.586. The first-order valence-corrected chi connectivity index (χ1v) is 7.43. The van der Waals surface area contributed by atoms with Crippen LogP contribution in [-0.2, 0) is 0 Å². The molecule has 0 radical (unpaired) electrons. The first-order valence-electron chi connectivity index (χ1n) is 6.30. The van der Waals surface area contributed by atoms with E-state index in [-0.39, 0.29) is 11.3 Å². The Bertz CT molecular complexity index is 568. The standard InChI is InChI=1S/C13H16Cl3N3O3/c1-12(2,3)18-11(13(14,15)16)17-10(20)8-5-4-6-9(7-8)19(21)22/h4-7,11,18H,1-3H3,(H,17,20)/t11-/m1/s1. The van der Waals surface area contributed by atoms with Crippen molar-refractivity contribution in [3.05, 3.63) is 39.9 Å². The molecule has 0 spiro atoms. The molecule has 0 bridgehead atoms. The van der Waals surface area contributed by atoms with E-state index in [9.17, 15) is 14.9 Å². The molecule has 0 heterocycles. The maximum Gasteiger partial charge on any atom is 0.270 e. The summed E-state index contributed by atoms with van der Waals surface area (Å²) in [6.07, 6.45) is -0.968. The fraction of sp³-hybridized carbons (Fsp3) is 0.462. The molecule has 9 heteroatoms. The van der Waals surface area contributed by atoms with Crippen molar-refractivity contribution in [2.45, 2.75) is 36.3 Å². The quantitative estimate of drug-likeness (QED) is 0.369. The summed E-state index contributed by atoms with van der Waals surface area (Å²) < 4.78 is -1.79. The highest BCUT2D eigenvalue weighted by molar-refractivity contribution is 6.68. The van der Waals surface area contributed by atoms with Crippen LogP contribution < -0.4 is 10.6 Å². The van der Waals surface area contributed by atoms with Crippen LogP contribution in [0.1, 0.15) is 31.1 Å². The number of hydrogen-bond acceptors (Lipinski definition) is 4. The van der Waals surface area contributed by atoms with E-state index in [0.717, 1.165) is 6.07 Å². The number of nitrogens with one attached hydrogen (secondary N) is 2. The molecule has 0 aliphatic carbocycles. The minimum Gasteiger partial charge on any atom is -0.333 e. The lowest BCUT2D eigenvalue weighted by molar-refractivity contribution is -0.384. The molecular formula is C13H16Cl3N3O3. The predicted molar refractivity (Wildman–Crippen MR) is 87.5 cm³/mol. The van der Waals surface area contributed by atoms with Gasteiger partial charge in [0.15, 0.2) is 0 Å². The Labute approximate surface area is 143 Å². The maximum atomic E-state index is 12.2. The van der Waals surface area contributed by atoms with Crippen LogP contribution in [0.2, 0.25) is 0 Å². The van der Waals surface area contributed by atoms with E-state index in [1.807, 2.05) is 20.8 Å². The zero-order valence-corrected chi connectivity index (χ0v) is 14.5. The lowest BCUT2D eigenvalue weighted by Crippen LogP contribution is -2.58. The van der Waals surface area contributed by atoms with Crippen molar-refractivity contribution in [2.75, 3.05) is 0 Å². The number of nitro groups is 1. The van der Waals surface area contributed by atoms with Gasteiger partial charge in [-0.1, -0.05) is 40.9 Å². The normalized spacial score (nSPS) is 13.5. The van der Waals surface area contributed by atoms with Crippen molar-refractivity contribution in [1.82, 2.24) is 10.6 Å². The molecule has 1 rings (SSSR count). The second-order valence-corrected chi connectivity index (χ2v) is 8.02. The van der Waals surface area contributed by atoms with Crippen LogP contribution in [-0.4, -0.2) is 26.3 Å². The SMILES string of the molecule is CC(C)(C)N[C@@H](NC(=O)c1cccc([N+](=O)[O-])c1)C(Cl)(Cl)Cl. The molecule has 0 saturated heterocycles. The van der Waals surface area contributed by atoms with Gasteiger partial charge in [0.1, 0.15) is 6.17 Å². The Kier molecular flexibility index (Phi) is 6.03. The van der Waals surface area contributed by atoms with Gasteiger partial charge in [-0.3, -0.25) is 20.2 Å². The second-order valence-electron chi connectivity index (χ2n) is 5.65. The molecular weight excluding hydrogens is 353 g/mol. The van der Waals surface area contributed by atoms with E-state index >= 15 is 0 Å². The summed E-state index contributed by atoms with van der Waals surface area (Å²) in [5.41, 5.74) is -0.518. The third-order valence-electron chi connectivity index (χ3n) is 2.50. The van der Waals surface area contributed by atoms with Crippen molar-refractivity contribution in [2.24, 2.45) is 0 Å². The summed E-state index contributed by atoms with van der Waals surface area (Å²) in [4.78, 5) is 22.4. The van der Waals surface area contributed by atoms with Gasteiger partial charge in [0.05, 0.1) is 4.92 Å². The van der Waals surface area contributed by atoms with Crippen LogP contribution in [0.5, 0.6) is 0 Å². The molecule has 1 atom stereocenters. The van der Waals surface area contributed by atoms with Crippen LogP contribution in [0.25, 0.3) is 0 Å². The first kappa shape index (κ1) is 19.0. The first-order chi connectivity index (χ1) is 9.90. The van der Waals surface area contributed by atoms with Crippen molar-refractivity contribution in [3.8, 4) is 0 Å². The van der Waals surface area contributed by atoms with Crippen molar-refractivity contribution < 1.29 is 9.72 Å². The average molecular weight is 369 g/mol. The van der Waals surface area contributed by atoms with Gasteiger partial charge in [-0.15, -0.1) is 0 Å². The number of hydrogen-bond donors (Lipinski definition) is 2. The number of carbonyl (C=O) groups is 1. The smallest absolute Gasteiger partial charge is 0.270 e. The van der Waals surface area contributed by atoms with Gasteiger partial charge in [0, 0.05) is 23.2 Å². The van der Waals surface area contributed by atoms with E-state index in [0.29, 0.717) is 0 Å². The Morgan fingerprint density at radius 2 is 1.86 bits per heavy atom. The van der Waals surface area contributed by atoms with Crippen LogP contribution in [0.15, 0.2) is 24.3 Å². The van der Waals surface area contributed by atoms with Crippen molar-refractivity contribution in [1.29, 1.82) is 0 Å². The molecule has 1 aromatic carbocycles. The Balaban J connectivity index is 2.96. The fourth-order valence-electron chi connectivity index (χ4n) is 1.61. The number of halogens is 3. The topological polar surface area (TPSA) is 84.3 Å². The van der Waals surface area contributed by atoms with Gasteiger partial charge in [-0.2, -0.15) is 0 Å². The molecule has 22 heavy (non-hydrogen) atoms. The molecule has 2 N–H and O–H groups in total. The number of rotatable bonds is 4. The molecule has 122 valence electrons. The van der Waals surface area contributed by atoms with Crippen LogP contribution in [0.4, 0.5) is 5.69 Å². The number of alkyl halides is 3. The lowest BCUT2D eigenvalue weighted by Gasteiger charge is -2.33. The zero-order valence-electron chi connectivity index (χ0n) is 12.2. The average Bonchev–Trinajstić information content (AvgIpc) is 2.35. The predicted octanol–water partition coefficient (Wildman–Crippen LogP) is 3.41. The summed E-state index contributed by atoms with van der Waals surface area (Å²) in [6, 6.07) is 5.29. The fourth-order valence-corrected chi connectivity index (χ4v) is 1.94. The van der Waals surface area contributed by atoms with E-state index in [2.05, 4.69) is 10.6 Å². The Hall–Kier alpha value is -1.08. The van der Waals surface area contributed by atoms with Gasteiger partial charge in [-0.25, -0.2) is 0 Å². The Morgan fingerprint density at radius 3 is 2.32 bits per heavy atom. The van der Waals surface area contributed by atoms with E-state index in [1.54, 1.807) is 0 Å². The maximum absolute atomic E-state index is 12.2. The number of carbonyl (C=O) groups excluding carboxylic acids is 1. The van der Waals surface area contributed by atoms with Crippen LogP contribution in [0, 0.1) is 10.1 Å². The van der Waals surface area contributed by atoms with Gasteiger partial charge >= 0.3 is 0 Å². The zero-order chi connectivity index (χ0) is 17.1.